The number of rotatable bonds is 5. The van der Waals surface area contributed by atoms with E-state index in [0.717, 1.165) is 12.6 Å². The molecule has 0 aromatic heterocycles. The van der Waals surface area contributed by atoms with Crippen molar-refractivity contribution in [3.8, 4) is 0 Å². The van der Waals surface area contributed by atoms with Gasteiger partial charge in [0, 0.05) is 27.8 Å². The molecule has 1 rings (SSSR count). The van der Waals surface area contributed by atoms with Gasteiger partial charge in [-0.2, -0.15) is 0 Å². The first kappa shape index (κ1) is 13.3. The van der Waals surface area contributed by atoms with Gasteiger partial charge in [0.05, 0.1) is 30.1 Å². The summed E-state index contributed by atoms with van der Waals surface area (Å²) in [5.74, 6) is -0.840. The molecule has 0 aliphatic heterocycles. The van der Waals surface area contributed by atoms with Crippen LogP contribution in [0.4, 0.5) is 0 Å². The monoisotopic (exact) mass is 230 g/mol. The fourth-order valence-electron chi connectivity index (χ4n) is 2.37. The Morgan fingerprint density at radius 1 is 0.875 bits per heavy atom. The molecule has 0 N–H and O–H groups in total. The van der Waals surface area contributed by atoms with Crippen LogP contribution in [0.2, 0.25) is 0 Å². The number of carbonyl (C=O) groups is 2. The van der Waals surface area contributed by atoms with Crippen molar-refractivity contribution in [1.29, 1.82) is 0 Å². The minimum absolute atomic E-state index is 0.261. The van der Waals surface area contributed by atoms with E-state index in [1.54, 1.807) is 14.2 Å². The Bertz CT molecular complexity index is 221. The van der Waals surface area contributed by atoms with E-state index in [4.69, 9.17) is 14.2 Å². The van der Waals surface area contributed by atoms with Gasteiger partial charge in [-0.25, -0.2) is 0 Å². The summed E-state index contributed by atoms with van der Waals surface area (Å²) in [6.07, 6.45) is 1.13. The van der Waals surface area contributed by atoms with Crippen LogP contribution in [0.25, 0.3) is 0 Å². The third-order valence-corrected chi connectivity index (χ3v) is 3.27. The van der Waals surface area contributed by atoms with Crippen LogP contribution in [0.5, 0.6) is 0 Å². The molecule has 0 aromatic carbocycles. The Labute approximate surface area is 95.0 Å². The lowest BCUT2D eigenvalue weighted by atomic mass is 9.76. The van der Waals surface area contributed by atoms with E-state index in [0.29, 0.717) is 6.42 Å². The second-order valence-corrected chi connectivity index (χ2v) is 3.91. The van der Waals surface area contributed by atoms with E-state index < -0.39 is 17.9 Å². The fraction of sp³-hybridized carbons (Fsp3) is 0.818. The van der Waals surface area contributed by atoms with Gasteiger partial charge in [-0.3, -0.25) is 0 Å². The van der Waals surface area contributed by atoms with E-state index in [2.05, 4.69) is 0 Å². The first-order valence-corrected chi connectivity index (χ1v) is 5.22. The molecule has 0 radical (unpaired) electrons. The molecule has 1 aliphatic rings. The predicted molar refractivity (Wildman–Crippen MR) is 56.1 cm³/mol. The van der Waals surface area contributed by atoms with Crippen molar-refractivity contribution in [1.82, 2.24) is 0 Å². The van der Waals surface area contributed by atoms with Gasteiger partial charge in [-0.1, -0.05) is 0 Å². The van der Waals surface area contributed by atoms with Gasteiger partial charge in [0.2, 0.25) is 0 Å². The Kier molecular flexibility index (Phi) is 5.05. The van der Waals surface area contributed by atoms with Gasteiger partial charge < -0.3 is 23.8 Å². The molecule has 1 aliphatic carbocycles. The molecular weight excluding hydrogens is 212 g/mol. The Morgan fingerprint density at radius 2 is 1.31 bits per heavy atom. The highest BCUT2D eigenvalue weighted by atomic mass is 16.5. The first-order chi connectivity index (χ1) is 7.73. The van der Waals surface area contributed by atoms with Gasteiger partial charge in [0.1, 0.15) is 12.6 Å². The zero-order chi connectivity index (χ0) is 12.1. The SMILES string of the molecule is COC1CC(OC)C(C=O)C(OC)C1C=O. The zero-order valence-corrected chi connectivity index (χ0v) is 9.79. The molecule has 0 saturated heterocycles. The normalized spacial score (nSPS) is 39.3. The Morgan fingerprint density at radius 3 is 1.56 bits per heavy atom. The maximum atomic E-state index is 11.0. The topological polar surface area (TPSA) is 61.8 Å². The average molecular weight is 230 g/mol. The quantitative estimate of drug-likeness (QED) is 0.625. The molecule has 1 saturated carbocycles. The number of hydrogen-bond donors (Lipinski definition) is 0. The summed E-state index contributed by atoms with van der Waals surface area (Å²) in [4.78, 5) is 22.1. The van der Waals surface area contributed by atoms with Crippen LogP contribution in [0, 0.1) is 11.8 Å². The van der Waals surface area contributed by atoms with E-state index in [1.165, 1.54) is 7.11 Å². The van der Waals surface area contributed by atoms with E-state index in [1.807, 2.05) is 0 Å². The van der Waals surface area contributed by atoms with Crippen molar-refractivity contribution in [2.24, 2.45) is 11.8 Å². The summed E-state index contributed by atoms with van der Waals surface area (Å²) >= 11 is 0. The molecule has 5 nitrogen and oxygen atoms in total. The molecule has 4 atom stereocenters. The molecule has 0 spiro atoms. The lowest BCUT2D eigenvalue weighted by Crippen LogP contribution is -2.52. The smallest absolute Gasteiger partial charge is 0.128 e. The van der Waals surface area contributed by atoms with Crippen LogP contribution < -0.4 is 0 Å². The van der Waals surface area contributed by atoms with E-state index in [9.17, 15) is 9.59 Å². The number of methoxy groups -OCH3 is 3. The maximum absolute atomic E-state index is 11.0. The minimum atomic E-state index is -0.473. The van der Waals surface area contributed by atoms with Crippen molar-refractivity contribution in [3.05, 3.63) is 0 Å². The number of aldehydes is 2. The molecule has 92 valence electrons. The average Bonchev–Trinajstić information content (AvgIpc) is 2.35. The highest BCUT2D eigenvalue weighted by Gasteiger charge is 2.45. The third kappa shape index (κ3) is 2.31. The third-order valence-electron chi connectivity index (χ3n) is 3.27. The summed E-state index contributed by atoms with van der Waals surface area (Å²) in [7, 11) is 4.58. The highest BCUT2D eigenvalue weighted by Crippen LogP contribution is 2.33. The number of hydrogen-bond acceptors (Lipinski definition) is 5. The molecule has 4 unspecified atom stereocenters. The maximum Gasteiger partial charge on any atom is 0.128 e. The number of carbonyl (C=O) groups excluding carboxylic acids is 2. The van der Waals surface area contributed by atoms with Crippen LogP contribution in [0.15, 0.2) is 0 Å². The van der Waals surface area contributed by atoms with Crippen molar-refractivity contribution in [2.45, 2.75) is 24.7 Å². The van der Waals surface area contributed by atoms with Gasteiger partial charge >= 0.3 is 0 Å². The predicted octanol–water partition coefficient (Wildman–Crippen LogP) is 0.0653. The fourth-order valence-corrected chi connectivity index (χ4v) is 2.37. The molecule has 0 amide bonds. The van der Waals surface area contributed by atoms with E-state index in [-0.39, 0.29) is 12.2 Å². The molecule has 16 heavy (non-hydrogen) atoms. The highest BCUT2D eigenvalue weighted by molar-refractivity contribution is 5.62. The second kappa shape index (κ2) is 6.08. The molecule has 1 fully saturated rings. The summed E-state index contributed by atoms with van der Waals surface area (Å²) in [6.45, 7) is 0. The van der Waals surface area contributed by atoms with Crippen LogP contribution in [0.1, 0.15) is 6.42 Å². The molecular formula is C11H18O5. The first-order valence-electron chi connectivity index (χ1n) is 5.22. The van der Waals surface area contributed by atoms with Gasteiger partial charge in [-0.05, 0) is 0 Å². The second-order valence-electron chi connectivity index (χ2n) is 3.91. The molecule has 0 bridgehead atoms. The largest absolute Gasteiger partial charge is 0.381 e. The summed E-state index contributed by atoms with van der Waals surface area (Å²) in [5.41, 5.74) is 0. The van der Waals surface area contributed by atoms with Crippen LogP contribution in [-0.2, 0) is 23.8 Å². The van der Waals surface area contributed by atoms with Crippen LogP contribution in [-0.4, -0.2) is 52.2 Å². The van der Waals surface area contributed by atoms with Gasteiger partial charge in [0.25, 0.3) is 0 Å². The lowest BCUT2D eigenvalue weighted by molar-refractivity contribution is -0.157. The minimum Gasteiger partial charge on any atom is -0.381 e. The Balaban J connectivity index is 2.93. The summed E-state index contributed by atoms with van der Waals surface area (Å²) in [5, 5.41) is 0. The molecule has 0 heterocycles. The van der Waals surface area contributed by atoms with E-state index >= 15 is 0 Å². The lowest BCUT2D eigenvalue weighted by Gasteiger charge is -2.41. The Hall–Kier alpha value is -0.780. The summed E-state index contributed by atoms with van der Waals surface area (Å²) < 4.78 is 15.7. The van der Waals surface area contributed by atoms with Crippen molar-refractivity contribution >= 4 is 12.6 Å². The van der Waals surface area contributed by atoms with Crippen LogP contribution >= 0.6 is 0 Å². The molecule has 0 aromatic rings. The zero-order valence-electron chi connectivity index (χ0n) is 9.79. The summed E-state index contributed by atoms with van der Waals surface area (Å²) in [6, 6.07) is 0. The van der Waals surface area contributed by atoms with Crippen LogP contribution in [0.3, 0.4) is 0 Å². The van der Waals surface area contributed by atoms with Gasteiger partial charge in [-0.15, -0.1) is 0 Å². The van der Waals surface area contributed by atoms with Gasteiger partial charge in [0.15, 0.2) is 0 Å². The van der Waals surface area contributed by atoms with Crippen molar-refractivity contribution in [3.63, 3.8) is 0 Å². The number of ether oxygens (including phenoxy) is 3. The molecule has 5 heteroatoms. The van der Waals surface area contributed by atoms with Crippen molar-refractivity contribution in [2.75, 3.05) is 21.3 Å². The standard InChI is InChI=1S/C11H18O5/c1-14-9-4-10(15-2)8(6-13)11(16-3)7(9)5-12/h5-11H,4H2,1-3H3. The van der Waals surface area contributed by atoms with Crippen molar-refractivity contribution < 1.29 is 23.8 Å².